The summed E-state index contributed by atoms with van der Waals surface area (Å²) in [4.78, 5) is 0. The minimum Gasteiger partial charge on any atom is 0 e. The fourth-order valence-corrected chi connectivity index (χ4v) is 0. The molecule has 0 aromatic heterocycles. The second kappa shape index (κ2) is 19.5. The van der Waals surface area contributed by atoms with Gasteiger partial charge in [-0.25, -0.2) is 0 Å². The average Bonchev–Trinajstić information content (AvgIpc) is 0. The summed E-state index contributed by atoms with van der Waals surface area (Å²) in [6.07, 6.45) is 0. The molecule has 0 aromatic rings. The molecule has 0 atom stereocenters. The molecule has 0 aliphatic heterocycles. The van der Waals surface area contributed by atoms with E-state index in [9.17, 15) is 0 Å². The molecule has 0 rings (SSSR count). The molecule has 0 amide bonds. The molecule has 0 aromatic carbocycles. The molecule has 0 nitrogen and oxygen atoms in total. The maximum absolute atomic E-state index is 0. The van der Waals surface area contributed by atoms with Gasteiger partial charge in [0, 0.05) is 68.6 Å². The van der Waals surface area contributed by atoms with Crippen molar-refractivity contribution in [1.29, 1.82) is 0 Å². The Bertz CT molecular complexity index is 3.25. The monoisotopic (exact) mass is 216 g/mol. The summed E-state index contributed by atoms with van der Waals surface area (Å²) in [6.45, 7) is 0. The van der Waals surface area contributed by atoms with Crippen molar-refractivity contribution in [3.8, 4) is 0 Å². The topological polar surface area (TPSA) is 0 Å². The first kappa shape index (κ1) is 36.1. The third kappa shape index (κ3) is 8.94. The van der Waals surface area contributed by atoms with Crippen molar-refractivity contribution in [1.82, 2.24) is 0 Å². The van der Waals surface area contributed by atoms with E-state index in [4.69, 9.17) is 0 Å². The summed E-state index contributed by atoms with van der Waals surface area (Å²) >= 11 is 0. The van der Waals surface area contributed by atoms with Crippen molar-refractivity contribution in [2.75, 3.05) is 0 Å². The molecule has 0 bridgehead atoms. The van der Waals surface area contributed by atoms with Crippen LogP contribution in [0.25, 0.3) is 0 Å². The Balaban J connectivity index is 0. The van der Waals surface area contributed by atoms with Crippen LogP contribution < -0.4 is 0 Å². The quantitative estimate of drug-likeness (QED) is 0.485. The Kier molecular flexibility index (Phi) is 176. The number of rotatable bonds is 0. The van der Waals surface area contributed by atoms with Crippen LogP contribution in [0.5, 0.6) is 0 Å². The normalized spacial score (nSPS) is 0. The van der Waals surface area contributed by atoms with Crippen LogP contribution in [0.15, 0.2) is 0 Å². The molecule has 0 saturated carbocycles. The van der Waals surface area contributed by atoms with Gasteiger partial charge in [-0.1, -0.05) is 0 Å². The van der Waals surface area contributed by atoms with E-state index in [2.05, 4.69) is 0 Å². The van der Waals surface area contributed by atoms with Gasteiger partial charge in [0.1, 0.15) is 0 Å². The van der Waals surface area contributed by atoms with Gasteiger partial charge in [0.15, 0.2) is 0 Å². The summed E-state index contributed by atoms with van der Waals surface area (Å²) < 4.78 is 0. The fraction of sp³-hybridized carbons (Fsp3) is 0. The van der Waals surface area contributed by atoms with Gasteiger partial charge in [-0.2, -0.15) is 0 Å². The molecule has 6 radical (unpaired) electrons. The maximum atomic E-state index is 0. The zero-order valence-corrected chi connectivity index (χ0v) is 5.46. The van der Waals surface area contributed by atoms with Crippen LogP contribution in [0.3, 0.4) is 0 Å². The molecule has 0 heterocycles. The third-order valence-electron chi connectivity index (χ3n) is 0. The second-order valence-corrected chi connectivity index (χ2v) is 0. The van der Waals surface area contributed by atoms with Gasteiger partial charge in [0.2, 0.25) is 0 Å². The molecule has 4 heavy (non-hydrogen) atoms. The van der Waals surface area contributed by atoms with Gasteiger partial charge >= 0.3 is 0 Å². The smallest absolute Gasteiger partial charge is 0 e. The second-order valence-electron chi connectivity index (χ2n) is 0. The largest absolute Gasteiger partial charge is 0 e. The van der Waals surface area contributed by atoms with Crippen LogP contribution in [0, 0.1) is 0 Å². The van der Waals surface area contributed by atoms with Crippen LogP contribution in [-0.4, -0.2) is 17.4 Å². The van der Waals surface area contributed by atoms with E-state index in [1.54, 1.807) is 0 Å². The zero-order valence-electron chi connectivity index (χ0n) is 1.48. The SMILES string of the molecule is [Al].[Cu].[Cu].[Cu]. The summed E-state index contributed by atoms with van der Waals surface area (Å²) in [5, 5.41) is 0. The molecule has 0 aliphatic rings. The summed E-state index contributed by atoms with van der Waals surface area (Å²) in [7, 11) is 0. The van der Waals surface area contributed by atoms with Gasteiger partial charge in [0.05, 0.1) is 0 Å². The van der Waals surface area contributed by atoms with Gasteiger partial charge < -0.3 is 0 Å². The first-order valence-electron chi connectivity index (χ1n) is 0. The van der Waals surface area contributed by atoms with E-state index < -0.39 is 0 Å². The first-order valence-corrected chi connectivity index (χ1v) is 0. The molecular weight excluding hydrogens is 218 g/mol. The Hall–Kier alpha value is 2.09. The molecule has 4 heteroatoms. The van der Waals surface area contributed by atoms with Gasteiger partial charge in [-0.3, -0.25) is 0 Å². The predicted molar refractivity (Wildman–Crippen MR) is 5.75 cm³/mol. The van der Waals surface area contributed by atoms with Crippen molar-refractivity contribution in [3.63, 3.8) is 0 Å². The van der Waals surface area contributed by atoms with E-state index >= 15 is 0 Å². The van der Waals surface area contributed by atoms with Crippen molar-refractivity contribution < 1.29 is 51.2 Å². The zero-order chi connectivity index (χ0) is 0. The third-order valence-corrected chi connectivity index (χ3v) is 0. The molecule has 0 saturated heterocycles. The van der Waals surface area contributed by atoms with Crippen molar-refractivity contribution in [2.24, 2.45) is 0 Å². The van der Waals surface area contributed by atoms with Crippen molar-refractivity contribution in [2.45, 2.75) is 0 Å². The van der Waals surface area contributed by atoms with Gasteiger partial charge in [-0.15, -0.1) is 0 Å². The standard InChI is InChI=1S/Al.3Cu. The summed E-state index contributed by atoms with van der Waals surface area (Å²) in [6, 6.07) is 0. The molecule has 0 aliphatic carbocycles. The Labute approximate surface area is 68.0 Å². The minimum absolute atomic E-state index is 0. The van der Waals surface area contributed by atoms with Crippen LogP contribution in [0.2, 0.25) is 0 Å². The minimum atomic E-state index is 0. The van der Waals surface area contributed by atoms with Crippen LogP contribution >= 0.6 is 0 Å². The van der Waals surface area contributed by atoms with Gasteiger partial charge in [-0.05, 0) is 0 Å². The van der Waals surface area contributed by atoms with E-state index in [1.165, 1.54) is 0 Å². The first-order chi connectivity index (χ1) is 0. The molecule has 0 spiro atoms. The fourth-order valence-electron chi connectivity index (χ4n) is 0. The number of hydrogen-bond donors (Lipinski definition) is 0. The molecule has 0 fully saturated rings. The summed E-state index contributed by atoms with van der Waals surface area (Å²) in [5.74, 6) is 0. The Morgan fingerprint density at radius 2 is 0.500 bits per heavy atom. The molecule has 0 unspecified atom stereocenters. The van der Waals surface area contributed by atoms with Crippen molar-refractivity contribution >= 4 is 17.4 Å². The molecular formula is AlCu3. The molecule has 36 valence electrons. The van der Waals surface area contributed by atoms with E-state index in [-0.39, 0.29) is 68.6 Å². The van der Waals surface area contributed by atoms with Crippen LogP contribution in [0.4, 0.5) is 0 Å². The summed E-state index contributed by atoms with van der Waals surface area (Å²) in [5.41, 5.74) is 0. The van der Waals surface area contributed by atoms with Crippen LogP contribution in [0.1, 0.15) is 0 Å². The van der Waals surface area contributed by atoms with E-state index in [0.717, 1.165) is 0 Å². The maximum Gasteiger partial charge on any atom is 0 e. The van der Waals surface area contributed by atoms with Crippen molar-refractivity contribution in [3.05, 3.63) is 0 Å². The Morgan fingerprint density at radius 3 is 0.500 bits per heavy atom. The van der Waals surface area contributed by atoms with Gasteiger partial charge in [0.25, 0.3) is 0 Å². The van der Waals surface area contributed by atoms with E-state index in [0.29, 0.717) is 0 Å². The number of hydrogen-bond acceptors (Lipinski definition) is 0. The van der Waals surface area contributed by atoms with E-state index in [1.807, 2.05) is 0 Å². The average molecular weight is 218 g/mol. The predicted octanol–water partition coefficient (Wildman–Crippen LogP) is -0.388. The van der Waals surface area contributed by atoms with Crippen LogP contribution in [-0.2, 0) is 51.2 Å². The Morgan fingerprint density at radius 1 is 0.500 bits per heavy atom. The molecule has 0 N–H and O–H groups in total.